The second-order valence-electron chi connectivity index (χ2n) is 5.98. The van der Waals surface area contributed by atoms with Crippen LogP contribution in [0.25, 0.3) is 11.0 Å². The predicted octanol–water partition coefficient (Wildman–Crippen LogP) is 4.62. The van der Waals surface area contributed by atoms with E-state index in [1.54, 1.807) is 0 Å². The van der Waals surface area contributed by atoms with Crippen LogP contribution in [0, 0.1) is 11.7 Å². The molecule has 1 aromatic carbocycles. The van der Waals surface area contributed by atoms with Crippen molar-refractivity contribution in [1.29, 1.82) is 0 Å². The standard InChI is InChI=1S/C15H18ClFN2/c1-9(16)14-18-12-8-11(17)6-7-13(12)19(14)15(2,3)10-4-5-10/h6-10H,4-5H2,1-3H3. The number of hydrogen-bond acceptors (Lipinski definition) is 1. The zero-order chi connectivity index (χ0) is 13.8. The van der Waals surface area contributed by atoms with Crippen LogP contribution in [-0.4, -0.2) is 9.55 Å². The summed E-state index contributed by atoms with van der Waals surface area (Å²) in [5.74, 6) is 1.23. The zero-order valence-corrected chi connectivity index (χ0v) is 12.2. The summed E-state index contributed by atoms with van der Waals surface area (Å²) in [4.78, 5) is 4.54. The lowest BCUT2D eigenvalue weighted by atomic mass is 9.97. The van der Waals surface area contributed by atoms with Crippen LogP contribution in [0.1, 0.15) is 44.8 Å². The fraction of sp³-hybridized carbons (Fsp3) is 0.533. The van der Waals surface area contributed by atoms with Gasteiger partial charge in [-0.05, 0) is 51.7 Å². The molecule has 1 saturated carbocycles. The van der Waals surface area contributed by atoms with Gasteiger partial charge in [-0.3, -0.25) is 0 Å². The summed E-state index contributed by atoms with van der Waals surface area (Å²) >= 11 is 6.27. The quantitative estimate of drug-likeness (QED) is 0.750. The van der Waals surface area contributed by atoms with Gasteiger partial charge in [0.2, 0.25) is 0 Å². The molecule has 0 bridgehead atoms. The van der Waals surface area contributed by atoms with E-state index < -0.39 is 0 Å². The van der Waals surface area contributed by atoms with E-state index in [4.69, 9.17) is 11.6 Å². The second-order valence-corrected chi connectivity index (χ2v) is 6.64. The van der Waals surface area contributed by atoms with Gasteiger partial charge in [0.15, 0.2) is 0 Å². The van der Waals surface area contributed by atoms with Crippen LogP contribution in [-0.2, 0) is 5.54 Å². The maximum atomic E-state index is 13.4. The van der Waals surface area contributed by atoms with E-state index >= 15 is 0 Å². The van der Waals surface area contributed by atoms with E-state index in [2.05, 4.69) is 23.4 Å². The van der Waals surface area contributed by atoms with Crippen molar-refractivity contribution in [3.63, 3.8) is 0 Å². The number of imidazole rings is 1. The smallest absolute Gasteiger partial charge is 0.128 e. The molecule has 1 heterocycles. The Hall–Kier alpha value is -1.09. The largest absolute Gasteiger partial charge is 0.321 e. The number of aromatic nitrogens is 2. The third-order valence-corrected chi connectivity index (χ3v) is 4.35. The molecule has 1 aliphatic carbocycles. The highest BCUT2D eigenvalue weighted by Crippen LogP contribution is 2.46. The van der Waals surface area contributed by atoms with E-state index in [9.17, 15) is 4.39 Å². The molecule has 19 heavy (non-hydrogen) atoms. The molecular formula is C15H18ClFN2. The molecule has 0 amide bonds. The number of fused-ring (bicyclic) bond motifs is 1. The highest BCUT2D eigenvalue weighted by Gasteiger charge is 2.41. The van der Waals surface area contributed by atoms with E-state index in [0.29, 0.717) is 11.4 Å². The topological polar surface area (TPSA) is 17.8 Å². The van der Waals surface area contributed by atoms with Crippen LogP contribution in [0.5, 0.6) is 0 Å². The lowest BCUT2D eigenvalue weighted by Crippen LogP contribution is -2.30. The molecule has 0 spiro atoms. The first-order chi connectivity index (χ1) is 8.91. The Morgan fingerprint density at radius 1 is 1.42 bits per heavy atom. The third-order valence-electron chi connectivity index (χ3n) is 4.15. The number of hydrogen-bond donors (Lipinski definition) is 0. The molecule has 2 aromatic rings. The second kappa shape index (κ2) is 4.20. The van der Waals surface area contributed by atoms with E-state index in [1.165, 1.54) is 25.0 Å². The van der Waals surface area contributed by atoms with Gasteiger partial charge < -0.3 is 4.57 Å². The Balaban J connectivity index is 2.27. The van der Waals surface area contributed by atoms with Crippen LogP contribution in [0.3, 0.4) is 0 Å². The molecule has 0 N–H and O–H groups in total. The first kappa shape index (κ1) is 12.9. The Morgan fingerprint density at radius 2 is 2.11 bits per heavy atom. The molecule has 4 heteroatoms. The van der Waals surface area contributed by atoms with Gasteiger partial charge in [0.1, 0.15) is 11.6 Å². The van der Waals surface area contributed by atoms with Crippen LogP contribution < -0.4 is 0 Å². The van der Waals surface area contributed by atoms with Gasteiger partial charge in [0.25, 0.3) is 0 Å². The van der Waals surface area contributed by atoms with Gasteiger partial charge >= 0.3 is 0 Å². The molecule has 0 radical (unpaired) electrons. The van der Waals surface area contributed by atoms with Crippen LogP contribution in [0.15, 0.2) is 18.2 Å². The molecule has 1 aromatic heterocycles. The van der Waals surface area contributed by atoms with Gasteiger partial charge in [-0.25, -0.2) is 9.37 Å². The van der Waals surface area contributed by atoms with Crippen molar-refractivity contribution < 1.29 is 4.39 Å². The summed E-state index contributed by atoms with van der Waals surface area (Å²) in [7, 11) is 0. The molecule has 1 fully saturated rings. The number of halogens is 2. The average Bonchev–Trinajstić information content (AvgIpc) is 3.10. The van der Waals surface area contributed by atoms with Crippen molar-refractivity contribution in [2.45, 2.75) is 44.5 Å². The summed E-state index contributed by atoms with van der Waals surface area (Å²) < 4.78 is 15.6. The zero-order valence-electron chi connectivity index (χ0n) is 11.5. The summed E-state index contributed by atoms with van der Waals surface area (Å²) in [5.41, 5.74) is 1.64. The lowest BCUT2D eigenvalue weighted by molar-refractivity contribution is 0.304. The minimum atomic E-state index is -0.254. The van der Waals surface area contributed by atoms with Crippen molar-refractivity contribution >= 4 is 22.6 Å². The predicted molar refractivity (Wildman–Crippen MR) is 76.0 cm³/mol. The van der Waals surface area contributed by atoms with Gasteiger partial charge in [0.05, 0.1) is 16.4 Å². The number of nitrogens with zero attached hydrogens (tertiary/aromatic N) is 2. The minimum Gasteiger partial charge on any atom is -0.321 e. The van der Waals surface area contributed by atoms with E-state index in [1.807, 2.05) is 13.0 Å². The van der Waals surface area contributed by atoms with Crippen molar-refractivity contribution in [3.8, 4) is 0 Å². The Bertz CT molecular complexity index is 626. The molecule has 1 unspecified atom stereocenters. The molecule has 0 aliphatic heterocycles. The Labute approximate surface area is 117 Å². The first-order valence-electron chi connectivity index (χ1n) is 6.73. The normalized spacial score (nSPS) is 17.9. The summed E-state index contributed by atoms with van der Waals surface area (Å²) in [5, 5.41) is -0.187. The lowest BCUT2D eigenvalue weighted by Gasteiger charge is -2.30. The van der Waals surface area contributed by atoms with Gasteiger partial charge in [-0.15, -0.1) is 11.6 Å². The first-order valence-corrected chi connectivity index (χ1v) is 7.17. The maximum absolute atomic E-state index is 13.4. The fourth-order valence-electron chi connectivity index (χ4n) is 2.92. The van der Waals surface area contributed by atoms with Crippen LogP contribution >= 0.6 is 11.6 Å². The molecule has 0 saturated heterocycles. The minimum absolute atomic E-state index is 0.0228. The van der Waals surface area contributed by atoms with Crippen LogP contribution in [0.4, 0.5) is 4.39 Å². The number of rotatable bonds is 3. The fourth-order valence-corrected chi connectivity index (χ4v) is 3.06. The molecule has 102 valence electrons. The van der Waals surface area contributed by atoms with Crippen LogP contribution in [0.2, 0.25) is 0 Å². The van der Waals surface area contributed by atoms with Gasteiger partial charge in [-0.2, -0.15) is 0 Å². The van der Waals surface area contributed by atoms with E-state index in [0.717, 1.165) is 11.3 Å². The highest BCUT2D eigenvalue weighted by molar-refractivity contribution is 6.20. The summed E-state index contributed by atoms with van der Waals surface area (Å²) in [6, 6.07) is 4.79. The van der Waals surface area contributed by atoms with Crippen molar-refractivity contribution in [2.24, 2.45) is 5.92 Å². The maximum Gasteiger partial charge on any atom is 0.128 e. The Kier molecular flexibility index (Phi) is 2.86. The Morgan fingerprint density at radius 3 is 2.68 bits per heavy atom. The van der Waals surface area contributed by atoms with Gasteiger partial charge in [0, 0.05) is 11.6 Å². The molecule has 1 aliphatic rings. The SMILES string of the molecule is CC(Cl)c1nc2cc(F)ccc2n1C(C)(C)C1CC1. The third kappa shape index (κ3) is 2.04. The highest BCUT2D eigenvalue weighted by atomic mass is 35.5. The molecule has 1 atom stereocenters. The average molecular weight is 281 g/mol. The summed E-state index contributed by atoms with van der Waals surface area (Å²) in [6.45, 7) is 6.36. The molecular weight excluding hydrogens is 263 g/mol. The summed E-state index contributed by atoms with van der Waals surface area (Å²) in [6.07, 6.45) is 2.48. The van der Waals surface area contributed by atoms with Crippen molar-refractivity contribution in [2.75, 3.05) is 0 Å². The molecule has 2 nitrogen and oxygen atoms in total. The van der Waals surface area contributed by atoms with Crippen molar-refractivity contribution in [1.82, 2.24) is 9.55 Å². The number of alkyl halides is 1. The van der Waals surface area contributed by atoms with Gasteiger partial charge in [-0.1, -0.05) is 0 Å². The molecule has 3 rings (SSSR count). The van der Waals surface area contributed by atoms with Crippen molar-refractivity contribution in [3.05, 3.63) is 29.8 Å². The number of benzene rings is 1. The monoisotopic (exact) mass is 280 g/mol. The van der Waals surface area contributed by atoms with E-state index in [-0.39, 0.29) is 16.7 Å².